The summed E-state index contributed by atoms with van der Waals surface area (Å²) in [5, 5.41) is 7.19. The van der Waals surface area contributed by atoms with E-state index in [1.807, 2.05) is 43.4 Å². The highest BCUT2D eigenvalue weighted by Crippen LogP contribution is 2.22. The summed E-state index contributed by atoms with van der Waals surface area (Å²) >= 11 is 3.41. The van der Waals surface area contributed by atoms with Gasteiger partial charge in [-0.15, -0.1) is 22.7 Å². The molecule has 6 heteroatoms. The van der Waals surface area contributed by atoms with E-state index in [1.54, 1.807) is 22.7 Å². The molecule has 0 saturated heterocycles. The van der Waals surface area contributed by atoms with Crippen molar-refractivity contribution in [1.29, 1.82) is 0 Å². The Balaban J connectivity index is 1.92. The standard InChI is InChI=1S/C16H23N3OS2/c1-4-19(12-13-7-5-9-21-13)16(20)17-11-14(18(2)3)15-8-6-10-22-15/h5-10,14H,4,11-12H2,1-3H3,(H,17,20). The molecule has 0 radical (unpaired) electrons. The lowest BCUT2D eigenvalue weighted by atomic mass is 10.2. The molecule has 0 spiro atoms. The summed E-state index contributed by atoms with van der Waals surface area (Å²) in [5.41, 5.74) is 0. The number of carbonyl (C=O) groups is 1. The number of urea groups is 1. The van der Waals surface area contributed by atoms with Crippen LogP contribution in [0.1, 0.15) is 22.7 Å². The van der Waals surface area contributed by atoms with E-state index in [-0.39, 0.29) is 12.1 Å². The first-order valence-corrected chi connectivity index (χ1v) is 9.12. The molecular weight excluding hydrogens is 314 g/mol. The number of nitrogens with zero attached hydrogens (tertiary/aromatic N) is 2. The van der Waals surface area contributed by atoms with Crippen molar-refractivity contribution in [3.05, 3.63) is 44.8 Å². The van der Waals surface area contributed by atoms with Gasteiger partial charge in [-0.3, -0.25) is 0 Å². The molecule has 2 aromatic rings. The van der Waals surface area contributed by atoms with Crippen LogP contribution in [0, 0.1) is 0 Å². The summed E-state index contributed by atoms with van der Waals surface area (Å²) in [4.78, 5) is 18.9. The first-order valence-electron chi connectivity index (χ1n) is 7.36. The third-order valence-corrected chi connectivity index (χ3v) is 5.37. The van der Waals surface area contributed by atoms with Gasteiger partial charge < -0.3 is 15.1 Å². The molecule has 2 aromatic heterocycles. The molecule has 4 nitrogen and oxygen atoms in total. The third kappa shape index (κ3) is 4.56. The molecule has 0 aromatic carbocycles. The maximum absolute atomic E-state index is 12.4. The van der Waals surface area contributed by atoms with E-state index in [4.69, 9.17) is 0 Å². The molecule has 1 unspecified atom stereocenters. The van der Waals surface area contributed by atoms with E-state index in [9.17, 15) is 4.79 Å². The molecule has 1 N–H and O–H groups in total. The van der Waals surface area contributed by atoms with Crippen LogP contribution in [0.2, 0.25) is 0 Å². The van der Waals surface area contributed by atoms with E-state index in [2.05, 4.69) is 27.7 Å². The van der Waals surface area contributed by atoms with Gasteiger partial charge in [-0.05, 0) is 43.9 Å². The maximum Gasteiger partial charge on any atom is 0.317 e. The highest BCUT2D eigenvalue weighted by molar-refractivity contribution is 7.10. The van der Waals surface area contributed by atoms with Crippen LogP contribution in [0.3, 0.4) is 0 Å². The molecule has 0 aliphatic carbocycles. The molecule has 2 heterocycles. The Kier molecular flexibility index (Phi) is 6.42. The molecule has 2 rings (SSSR count). The van der Waals surface area contributed by atoms with Gasteiger partial charge in [0.25, 0.3) is 0 Å². The van der Waals surface area contributed by atoms with Crippen molar-refractivity contribution in [1.82, 2.24) is 15.1 Å². The highest BCUT2D eigenvalue weighted by atomic mass is 32.1. The number of likely N-dealkylation sites (N-methyl/N-ethyl adjacent to an activating group) is 1. The van der Waals surface area contributed by atoms with Crippen LogP contribution in [0.25, 0.3) is 0 Å². The second-order valence-electron chi connectivity index (χ2n) is 5.27. The lowest BCUT2D eigenvalue weighted by molar-refractivity contribution is 0.193. The van der Waals surface area contributed by atoms with Crippen LogP contribution in [-0.2, 0) is 6.54 Å². The zero-order valence-electron chi connectivity index (χ0n) is 13.3. The smallest absolute Gasteiger partial charge is 0.317 e. The number of carbonyl (C=O) groups excluding carboxylic acids is 1. The number of amides is 2. The summed E-state index contributed by atoms with van der Waals surface area (Å²) in [6.45, 7) is 4.00. The minimum atomic E-state index is -0.000642. The average molecular weight is 338 g/mol. The molecule has 22 heavy (non-hydrogen) atoms. The fourth-order valence-electron chi connectivity index (χ4n) is 2.23. The molecule has 120 valence electrons. The highest BCUT2D eigenvalue weighted by Gasteiger charge is 2.18. The Labute approximate surface area is 140 Å². The van der Waals surface area contributed by atoms with E-state index in [0.717, 1.165) is 0 Å². The number of hydrogen-bond donors (Lipinski definition) is 1. The number of nitrogens with one attached hydrogen (secondary N) is 1. The van der Waals surface area contributed by atoms with Crippen molar-refractivity contribution < 1.29 is 4.79 Å². The Morgan fingerprint density at radius 1 is 1.23 bits per heavy atom. The fraction of sp³-hybridized carbons (Fsp3) is 0.438. The van der Waals surface area contributed by atoms with Gasteiger partial charge in [0.2, 0.25) is 0 Å². The minimum Gasteiger partial charge on any atom is -0.336 e. The molecular formula is C16H23N3OS2. The van der Waals surface area contributed by atoms with E-state index >= 15 is 0 Å². The van der Waals surface area contributed by atoms with Crippen LogP contribution < -0.4 is 5.32 Å². The minimum absolute atomic E-state index is 0.000642. The normalized spacial score (nSPS) is 12.4. The van der Waals surface area contributed by atoms with Crippen LogP contribution >= 0.6 is 22.7 Å². The molecule has 0 fully saturated rings. The summed E-state index contributed by atoms with van der Waals surface area (Å²) in [7, 11) is 4.08. The van der Waals surface area contributed by atoms with E-state index in [1.165, 1.54) is 9.75 Å². The van der Waals surface area contributed by atoms with Gasteiger partial charge in [0.15, 0.2) is 0 Å². The SMILES string of the molecule is CCN(Cc1cccs1)C(=O)NCC(c1cccs1)N(C)C. The Hall–Kier alpha value is -1.37. The average Bonchev–Trinajstić information content (AvgIpc) is 3.18. The first kappa shape index (κ1) is 17.0. The van der Waals surface area contributed by atoms with E-state index in [0.29, 0.717) is 19.6 Å². The number of hydrogen-bond acceptors (Lipinski definition) is 4. The van der Waals surface area contributed by atoms with Crippen molar-refractivity contribution >= 4 is 28.7 Å². The predicted molar refractivity (Wildman–Crippen MR) is 94.5 cm³/mol. The largest absolute Gasteiger partial charge is 0.336 e. The zero-order chi connectivity index (χ0) is 15.9. The van der Waals surface area contributed by atoms with Gasteiger partial charge in [-0.25, -0.2) is 4.79 Å². The van der Waals surface area contributed by atoms with Gasteiger partial charge in [-0.1, -0.05) is 12.1 Å². The number of rotatable bonds is 7. The molecule has 1 atom stereocenters. The topological polar surface area (TPSA) is 35.6 Å². The van der Waals surface area contributed by atoms with Crippen molar-refractivity contribution in [2.45, 2.75) is 19.5 Å². The molecule has 0 saturated carbocycles. The summed E-state index contributed by atoms with van der Waals surface area (Å²) in [5.74, 6) is 0. The molecule has 0 aliphatic heterocycles. The Morgan fingerprint density at radius 3 is 2.50 bits per heavy atom. The zero-order valence-corrected chi connectivity index (χ0v) is 14.9. The summed E-state index contributed by atoms with van der Waals surface area (Å²) < 4.78 is 0. The number of thiophene rings is 2. The molecule has 2 amide bonds. The van der Waals surface area contributed by atoms with Gasteiger partial charge in [-0.2, -0.15) is 0 Å². The van der Waals surface area contributed by atoms with Crippen molar-refractivity contribution in [3.8, 4) is 0 Å². The second-order valence-corrected chi connectivity index (χ2v) is 7.29. The molecule has 0 aliphatic rings. The van der Waals surface area contributed by atoms with Crippen LogP contribution in [0.15, 0.2) is 35.0 Å². The lowest BCUT2D eigenvalue weighted by Crippen LogP contribution is -2.42. The predicted octanol–water partition coefficient (Wildman–Crippen LogP) is 3.64. The van der Waals surface area contributed by atoms with Crippen LogP contribution in [-0.4, -0.2) is 43.0 Å². The Morgan fingerprint density at radius 2 is 1.95 bits per heavy atom. The van der Waals surface area contributed by atoms with Crippen LogP contribution in [0.5, 0.6) is 0 Å². The van der Waals surface area contributed by atoms with Gasteiger partial charge in [0.05, 0.1) is 12.6 Å². The quantitative estimate of drug-likeness (QED) is 0.837. The van der Waals surface area contributed by atoms with E-state index < -0.39 is 0 Å². The van der Waals surface area contributed by atoms with Gasteiger partial charge >= 0.3 is 6.03 Å². The maximum atomic E-state index is 12.4. The summed E-state index contributed by atoms with van der Waals surface area (Å²) in [6.07, 6.45) is 0. The summed E-state index contributed by atoms with van der Waals surface area (Å²) in [6, 6.07) is 8.46. The monoisotopic (exact) mass is 337 g/mol. The third-order valence-electron chi connectivity index (χ3n) is 3.54. The molecule has 0 bridgehead atoms. The first-order chi connectivity index (χ1) is 10.6. The second kappa shape index (κ2) is 8.31. The lowest BCUT2D eigenvalue weighted by Gasteiger charge is -2.26. The van der Waals surface area contributed by atoms with Gasteiger partial charge in [0, 0.05) is 22.8 Å². The van der Waals surface area contributed by atoms with Gasteiger partial charge in [0.1, 0.15) is 0 Å². The Bertz CT molecular complexity index is 552. The fourth-order valence-corrected chi connectivity index (χ4v) is 3.87. The van der Waals surface area contributed by atoms with Crippen molar-refractivity contribution in [2.24, 2.45) is 0 Å². The van der Waals surface area contributed by atoms with Crippen LogP contribution in [0.4, 0.5) is 4.79 Å². The van der Waals surface area contributed by atoms with Crippen molar-refractivity contribution in [3.63, 3.8) is 0 Å². The van der Waals surface area contributed by atoms with Crippen molar-refractivity contribution in [2.75, 3.05) is 27.2 Å².